The van der Waals surface area contributed by atoms with Gasteiger partial charge in [-0.2, -0.15) is 4.98 Å². The van der Waals surface area contributed by atoms with Crippen LogP contribution in [-0.2, 0) is 12.8 Å². The molecular formula is C16H16N4O. The molecule has 0 aliphatic carbocycles. The lowest BCUT2D eigenvalue weighted by atomic mass is 10.1. The van der Waals surface area contributed by atoms with Crippen molar-refractivity contribution in [2.45, 2.75) is 12.8 Å². The van der Waals surface area contributed by atoms with Crippen LogP contribution in [0.15, 0.2) is 53.3 Å². The van der Waals surface area contributed by atoms with Crippen molar-refractivity contribution in [1.29, 1.82) is 0 Å². The number of aromatic nitrogens is 3. The van der Waals surface area contributed by atoms with Gasteiger partial charge in [-0.3, -0.25) is 4.98 Å². The summed E-state index contributed by atoms with van der Waals surface area (Å²) in [6.45, 7) is 0.649. The van der Waals surface area contributed by atoms with E-state index in [2.05, 4.69) is 15.1 Å². The molecule has 106 valence electrons. The first kappa shape index (κ1) is 13.5. The molecule has 0 aliphatic heterocycles. The maximum absolute atomic E-state index is 5.54. The van der Waals surface area contributed by atoms with Gasteiger partial charge in [-0.25, -0.2) is 0 Å². The largest absolute Gasteiger partial charge is 0.334 e. The van der Waals surface area contributed by atoms with E-state index in [0.29, 0.717) is 24.7 Å². The molecule has 0 saturated heterocycles. The van der Waals surface area contributed by atoms with Gasteiger partial charge in [0, 0.05) is 24.4 Å². The summed E-state index contributed by atoms with van der Waals surface area (Å²) in [5.74, 6) is 1.21. The Balaban J connectivity index is 1.75. The molecule has 0 aliphatic rings. The van der Waals surface area contributed by atoms with E-state index in [-0.39, 0.29) is 0 Å². The van der Waals surface area contributed by atoms with E-state index in [1.165, 1.54) is 5.56 Å². The van der Waals surface area contributed by atoms with Crippen LogP contribution in [0.2, 0.25) is 0 Å². The zero-order chi connectivity index (χ0) is 14.5. The second-order valence-corrected chi connectivity index (χ2v) is 4.78. The molecule has 0 unspecified atom stereocenters. The minimum absolute atomic E-state index is 0.540. The van der Waals surface area contributed by atoms with E-state index in [1.54, 1.807) is 12.4 Å². The normalized spacial score (nSPS) is 10.7. The second kappa shape index (κ2) is 6.28. The van der Waals surface area contributed by atoms with Gasteiger partial charge in [-0.05, 0) is 48.4 Å². The van der Waals surface area contributed by atoms with E-state index in [1.807, 2.05) is 36.4 Å². The van der Waals surface area contributed by atoms with Crippen molar-refractivity contribution in [2.75, 3.05) is 6.54 Å². The molecular weight excluding hydrogens is 264 g/mol. The monoisotopic (exact) mass is 280 g/mol. The fraction of sp³-hybridized carbons (Fsp3) is 0.188. The first-order chi connectivity index (χ1) is 10.3. The third-order valence-corrected chi connectivity index (χ3v) is 3.21. The number of pyridine rings is 1. The molecule has 0 saturated carbocycles. The minimum atomic E-state index is 0.540. The lowest BCUT2D eigenvalue weighted by Gasteiger charge is -1.99. The van der Waals surface area contributed by atoms with Crippen LogP contribution in [0.1, 0.15) is 17.0 Å². The Morgan fingerprint density at radius 3 is 2.43 bits per heavy atom. The van der Waals surface area contributed by atoms with Crippen molar-refractivity contribution in [1.82, 2.24) is 15.1 Å². The molecule has 2 N–H and O–H groups in total. The molecule has 3 aromatic rings. The van der Waals surface area contributed by atoms with Gasteiger partial charge < -0.3 is 10.3 Å². The number of rotatable bonds is 5. The van der Waals surface area contributed by atoms with Crippen molar-refractivity contribution in [3.63, 3.8) is 0 Å². The molecule has 2 aromatic heterocycles. The fourth-order valence-electron chi connectivity index (χ4n) is 2.11. The second-order valence-electron chi connectivity index (χ2n) is 4.78. The summed E-state index contributed by atoms with van der Waals surface area (Å²) in [7, 11) is 0. The van der Waals surface area contributed by atoms with E-state index in [4.69, 9.17) is 10.3 Å². The molecule has 1 aromatic carbocycles. The topological polar surface area (TPSA) is 77.8 Å². The van der Waals surface area contributed by atoms with Crippen molar-refractivity contribution in [3.05, 3.63) is 65.7 Å². The average Bonchev–Trinajstić information content (AvgIpc) is 2.98. The molecule has 0 atom stereocenters. The predicted molar refractivity (Wildman–Crippen MR) is 79.5 cm³/mol. The van der Waals surface area contributed by atoms with Crippen LogP contribution >= 0.6 is 0 Å². The van der Waals surface area contributed by atoms with Crippen LogP contribution in [0, 0.1) is 0 Å². The lowest BCUT2D eigenvalue weighted by molar-refractivity contribution is 0.424. The maximum atomic E-state index is 5.54. The first-order valence-electron chi connectivity index (χ1n) is 6.86. The highest BCUT2D eigenvalue weighted by Gasteiger charge is 2.09. The third-order valence-electron chi connectivity index (χ3n) is 3.21. The lowest BCUT2D eigenvalue weighted by Crippen LogP contribution is -2.02. The summed E-state index contributed by atoms with van der Waals surface area (Å²) in [4.78, 5) is 8.42. The number of nitrogens with two attached hydrogens (primary N) is 1. The molecule has 0 amide bonds. The SMILES string of the molecule is NCCc1ccc(-c2nc(Cc3ccncc3)no2)cc1. The number of nitrogens with zero attached hydrogens (tertiary/aromatic N) is 3. The number of hydrogen-bond acceptors (Lipinski definition) is 5. The Bertz CT molecular complexity index is 692. The third kappa shape index (κ3) is 3.32. The van der Waals surface area contributed by atoms with Gasteiger partial charge in [0.1, 0.15) is 0 Å². The van der Waals surface area contributed by atoms with Crippen LogP contribution < -0.4 is 5.73 Å². The van der Waals surface area contributed by atoms with E-state index in [9.17, 15) is 0 Å². The highest BCUT2D eigenvalue weighted by molar-refractivity contribution is 5.53. The van der Waals surface area contributed by atoms with Crippen LogP contribution in [-0.4, -0.2) is 21.7 Å². The smallest absolute Gasteiger partial charge is 0.257 e. The highest BCUT2D eigenvalue weighted by atomic mass is 16.5. The van der Waals surface area contributed by atoms with Gasteiger partial charge in [0.05, 0.1) is 0 Å². The number of benzene rings is 1. The zero-order valence-electron chi connectivity index (χ0n) is 11.6. The Kier molecular flexibility index (Phi) is 4.02. The van der Waals surface area contributed by atoms with Gasteiger partial charge in [0.2, 0.25) is 0 Å². The Labute approximate surface area is 122 Å². The molecule has 0 radical (unpaired) electrons. The predicted octanol–water partition coefficient (Wildman–Crippen LogP) is 2.22. The maximum Gasteiger partial charge on any atom is 0.257 e. The summed E-state index contributed by atoms with van der Waals surface area (Å²) in [5.41, 5.74) is 8.77. The van der Waals surface area contributed by atoms with E-state index >= 15 is 0 Å². The molecule has 0 bridgehead atoms. The van der Waals surface area contributed by atoms with Crippen LogP contribution in [0.25, 0.3) is 11.5 Å². The van der Waals surface area contributed by atoms with E-state index in [0.717, 1.165) is 17.5 Å². The molecule has 5 nitrogen and oxygen atoms in total. The quantitative estimate of drug-likeness (QED) is 0.775. The summed E-state index contributed by atoms with van der Waals surface area (Å²) in [5, 5.41) is 4.02. The fourth-order valence-corrected chi connectivity index (χ4v) is 2.11. The van der Waals surface area contributed by atoms with Crippen LogP contribution in [0.5, 0.6) is 0 Å². The average molecular weight is 280 g/mol. The van der Waals surface area contributed by atoms with Crippen molar-refractivity contribution in [3.8, 4) is 11.5 Å². The Morgan fingerprint density at radius 2 is 1.71 bits per heavy atom. The van der Waals surface area contributed by atoms with Crippen LogP contribution in [0.3, 0.4) is 0 Å². The molecule has 0 spiro atoms. The van der Waals surface area contributed by atoms with Gasteiger partial charge in [-0.15, -0.1) is 0 Å². The Hall–Kier alpha value is -2.53. The summed E-state index contributed by atoms with van der Waals surface area (Å²) >= 11 is 0. The molecule has 3 rings (SSSR count). The van der Waals surface area contributed by atoms with Gasteiger partial charge >= 0.3 is 0 Å². The van der Waals surface area contributed by atoms with Crippen molar-refractivity contribution < 1.29 is 4.52 Å². The van der Waals surface area contributed by atoms with Crippen molar-refractivity contribution >= 4 is 0 Å². The van der Waals surface area contributed by atoms with Gasteiger partial charge in [0.15, 0.2) is 5.82 Å². The molecule has 5 heteroatoms. The van der Waals surface area contributed by atoms with Crippen LogP contribution in [0.4, 0.5) is 0 Å². The Morgan fingerprint density at radius 1 is 0.952 bits per heavy atom. The summed E-state index contributed by atoms with van der Waals surface area (Å²) in [6, 6.07) is 11.9. The minimum Gasteiger partial charge on any atom is -0.334 e. The highest BCUT2D eigenvalue weighted by Crippen LogP contribution is 2.18. The summed E-state index contributed by atoms with van der Waals surface area (Å²) in [6.07, 6.45) is 5.02. The zero-order valence-corrected chi connectivity index (χ0v) is 11.6. The molecule has 0 fully saturated rings. The molecule has 2 heterocycles. The van der Waals surface area contributed by atoms with E-state index < -0.39 is 0 Å². The number of hydrogen-bond donors (Lipinski definition) is 1. The molecule has 21 heavy (non-hydrogen) atoms. The summed E-state index contributed by atoms with van der Waals surface area (Å²) < 4.78 is 5.32. The first-order valence-corrected chi connectivity index (χ1v) is 6.86. The van der Waals surface area contributed by atoms with Gasteiger partial charge in [0.25, 0.3) is 5.89 Å². The van der Waals surface area contributed by atoms with Gasteiger partial charge in [-0.1, -0.05) is 17.3 Å². The van der Waals surface area contributed by atoms with Crippen molar-refractivity contribution in [2.24, 2.45) is 5.73 Å². The standard InChI is InChI=1S/C16H16N4O/c17-8-5-12-1-3-14(4-2-12)16-19-15(20-21-16)11-13-6-9-18-10-7-13/h1-4,6-7,9-10H,5,8,11,17H2.